The molecule has 1 atom stereocenters. The minimum Gasteiger partial charge on any atom is -0.493 e. The molecule has 0 saturated carbocycles. The first kappa shape index (κ1) is 20.5. The van der Waals surface area contributed by atoms with Crippen LogP contribution in [0.3, 0.4) is 0 Å². The number of nitrogens with one attached hydrogen (secondary N) is 1. The average Bonchev–Trinajstić information content (AvgIpc) is 3.43. The van der Waals surface area contributed by atoms with Crippen molar-refractivity contribution in [2.75, 3.05) is 20.8 Å². The number of thiazole rings is 1. The van der Waals surface area contributed by atoms with Gasteiger partial charge >= 0.3 is 5.97 Å². The number of carboxylic acid groups (broad SMARTS) is 1. The Bertz CT molecular complexity index is 1300. The van der Waals surface area contributed by atoms with Crippen LogP contribution in [0.2, 0.25) is 0 Å². The van der Waals surface area contributed by atoms with E-state index in [1.807, 2.05) is 53.6 Å². The Morgan fingerprint density at radius 2 is 2.00 bits per heavy atom. The number of rotatable bonds is 6. The van der Waals surface area contributed by atoms with Crippen LogP contribution in [0.25, 0.3) is 21.5 Å². The van der Waals surface area contributed by atoms with E-state index >= 15 is 0 Å². The number of hydrogen-bond acceptors (Lipinski definition) is 6. The molecule has 0 fully saturated rings. The topological polar surface area (TPSA) is 87.7 Å². The third-order valence-corrected chi connectivity index (χ3v) is 7.04. The van der Waals surface area contributed by atoms with Crippen LogP contribution in [0.5, 0.6) is 11.5 Å². The number of nitrogens with zero attached hydrogens (tertiary/aromatic N) is 2. The third kappa shape index (κ3) is 3.51. The molecule has 164 valence electrons. The molecular weight excluding hydrogens is 426 g/mol. The summed E-state index contributed by atoms with van der Waals surface area (Å²) in [4.78, 5) is 23.5. The summed E-state index contributed by atoms with van der Waals surface area (Å²) >= 11 is 1.60. The second kappa shape index (κ2) is 8.29. The maximum atomic E-state index is 12.3. The van der Waals surface area contributed by atoms with E-state index in [0.717, 1.165) is 37.6 Å². The lowest BCUT2D eigenvalue weighted by Crippen LogP contribution is -2.37. The summed E-state index contributed by atoms with van der Waals surface area (Å²) in [5.41, 5.74) is 3.74. The molecule has 7 nitrogen and oxygen atoms in total. The van der Waals surface area contributed by atoms with Crippen LogP contribution >= 0.6 is 11.3 Å². The van der Waals surface area contributed by atoms with Crippen LogP contribution in [0.1, 0.15) is 22.2 Å². The number of aliphatic carboxylic acids is 1. The SMILES string of the molecule is COc1ccc(-c2nc3c(s2)CN([C@H](C(=O)O)c2c[nH]c4ccccc24)CC3)cc1OC. The van der Waals surface area contributed by atoms with Crippen LogP contribution < -0.4 is 9.47 Å². The number of carbonyl (C=O) groups is 1. The normalized spacial score (nSPS) is 14.8. The number of benzene rings is 2. The number of carboxylic acids is 1. The molecule has 0 spiro atoms. The molecule has 0 aliphatic carbocycles. The van der Waals surface area contributed by atoms with Crippen molar-refractivity contribution in [1.29, 1.82) is 0 Å². The summed E-state index contributed by atoms with van der Waals surface area (Å²) in [5.74, 6) is 0.486. The summed E-state index contributed by atoms with van der Waals surface area (Å²) in [5, 5.41) is 11.9. The zero-order chi connectivity index (χ0) is 22.2. The van der Waals surface area contributed by atoms with Crippen molar-refractivity contribution < 1.29 is 19.4 Å². The Morgan fingerprint density at radius 1 is 1.19 bits per heavy atom. The van der Waals surface area contributed by atoms with E-state index in [9.17, 15) is 9.90 Å². The minimum absolute atomic E-state index is 0.552. The van der Waals surface area contributed by atoms with Crippen molar-refractivity contribution in [3.63, 3.8) is 0 Å². The zero-order valence-electron chi connectivity index (χ0n) is 17.8. The number of ether oxygens (including phenoxy) is 2. The molecule has 0 radical (unpaired) electrons. The minimum atomic E-state index is -0.845. The molecule has 0 bridgehead atoms. The first-order valence-electron chi connectivity index (χ1n) is 10.3. The Morgan fingerprint density at radius 3 is 2.78 bits per heavy atom. The number of aromatic nitrogens is 2. The second-order valence-corrected chi connectivity index (χ2v) is 8.79. The van der Waals surface area contributed by atoms with Crippen LogP contribution in [0, 0.1) is 0 Å². The first-order valence-corrected chi connectivity index (χ1v) is 11.1. The van der Waals surface area contributed by atoms with Gasteiger partial charge in [-0.25, -0.2) is 4.98 Å². The van der Waals surface area contributed by atoms with Gasteiger partial charge in [0.15, 0.2) is 11.5 Å². The largest absolute Gasteiger partial charge is 0.493 e. The second-order valence-electron chi connectivity index (χ2n) is 7.71. The molecule has 2 aromatic heterocycles. The molecular formula is C24H23N3O4S. The predicted octanol–water partition coefficient (Wildman–Crippen LogP) is 4.49. The van der Waals surface area contributed by atoms with E-state index < -0.39 is 12.0 Å². The molecule has 0 amide bonds. The van der Waals surface area contributed by atoms with Gasteiger partial charge in [0.2, 0.25) is 0 Å². The highest BCUT2D eigenvalue weighted by atomic mass is 32.1. The molecule has 2 aromatic carbocycles. The molecule has 32 heavy (non-hydrogen) atoms. The number of hydrogen-bond donors (Lipinski definition) is 2. The van der Waals surface area contributed by atoms with Gasteiger partial charge in [-0.1, -0.05) is 18.2 Å². The first-order chi connectivity index (χ1) is 15.6. The lowest BCUT2D eigenvalue weighted by molar-refractivity contribution is -0.144. The van der Waals surface area contributed by atoms with Crippen molar-refractivity contribution in [3.05, 3.63) is 64.8 Å². The van der Waals surface area contributed by atoms with Gasteiger partial charge in [0.1, 0.15) is 11.0 Å². The van der Waals surface area contributed by atoms with Crippen molar-refractivity contribution in [2.24, 2.45) is 0 Å². The van der Waals surface area contributed by atoms with Gasteiger partial charge in [0.25, 0.3) is 0 Å². The fourth-order valence-corrected chi connectivity index (χ4v) is 5.46. The number of H-pyrrole nitrogens is 1. The van der Waals surface area contributed by atoms with Gasteiger partial charge in [0.05, 0.1) is 19.9 Å². The van der Waals surface area contributed by atoms with E-state index in [1.165, 1.54) is 0 Å². The van der Waals surface area contributed by atoms with Gasteiger partial charge in [-0.05, 0) is 24.3 Å². The molecule has 1 aliphatic heterocycles. The molecule has 3 heterocycles. The van der Waals surface area contributed by atoms with Crippen molar-refractivity contribution >= 4 is 28.2 Å². The van der Waals surface area contributed by atoms with E-state index in [2.05, 4.69) is 4.98 Å². The lowest BCUT2D eigenvalue weighted by atomic mass is 10.0. The smallest absolute Gasteiger partial charge is 0.325 e. The van der Waals surface area contributed by atoms with Crippen molar-refractivity contribution in [3.8, 4) is 22.1 Å². The van der Waals surface area contributed by atoms with Gasteiger partial charge in [-0.3, -0.25) is 9.69 Å². The molecule has 1 aliphatic rings. The third-order valence-electron chi connectivity index (χ3n) is 5.91. The predicted molar refractivity (Wildman–Crippen MR) is 123 cm³/mol. The molecule has 8 heteroatoms. The summed E-state index contributed by atoms with van der Waals surface area (Å²) in [6, 6.07) is 12.9. The number of fused-ring (bicyclic) bond motifs is 2. The van der Waals surface area contributed by atoms with E-state index in [4.69, 9.17) is 14.5 Å². The molecule has 5 rings (SSSR count). The standard InChI is InChI=1S/C24H23N3O4S/c1-30-19-8-7-14(11-20(19)31-2)23-26-18-9-10-27(13-21(18)32-23)22(24(28)29)16-12-25-17-6-4-3-5-15(16)17/h3-8,11-12,22,25H,9-10,13H2,1-2H3,(H,28,29)/t22-/m0/s1. The van der Waals surface area contributed by atoms with Crippen molar-refractivity contribution in [2.45, 2.75) is 19.0 Å². The van der Waals surface area contributed by atoms with Crippen molar-refractivity contribution in [1.82, 2.24) is 14.9 Å². The summed E-state index contributed by atoms with van der Waals surface area (Å²) in [7, 11) is 3.23. The number of para-hydroxylation sites is 1. The van der Waals surface area contributed by atoms with Crippen LogP contribution in [-0.4, -0.2) is 46.7 Å². The average molecular weight is 450 g/mol. The zero-order valence-corrected chi connectivity index (χ0v) is 18.6. The Hall–Kier alpha value is -3.36. The molecule has 0 unspecified atom stereocenters. The summed E-state index contributed by atoms with van der Waals surface area (Å²) in [6.45, 7) is 1.19. The monoisotopic (exact) mass is 449 g/mol. The fourth-order valence-electron chi connectivity index (χ4n) is 4.33. The lowest BCUT2D eigenvalue weighted by Gasteiger charge is -2.31. The number of aromatic amines is 1. The maximum absolute atomic E-state index is 12.3. The Kier molecular flexibility index (Phi) is 5.32. The highest BCUT2D eigenvalue weighted by molar-refractivity contribution is 7.15. The molecule has 2 N–H and O–H groups in total. The van der Waals surface area contributed by atoms with Crippen LogP contribution in [-0.2, 0) is 17.8 Å². The highest BCUT2D eigenvalue weighted by Gasteiger charge is 2.33. The van der Waals surface area contributed by atoms with Crippen LogP contribution in [0.15, 0.2) is 48.7 Å². The van der Waals surface area contributed by atoms with E-state index in [0.29, 0.717) is 31.0 Å². The van der Waals surface area contributed by atoms with E-state index in [1.54, 1.807) is 25.6 Å². The summed E-state index contributed by atoms with van der Waals surface area (Å²) < 4.78 is 10.8. The molecule has 0 saturated heterocycles. The Labute approximate surface area is 189 Å². The Balaban J connectivity index is 1.46. The quantitative estimate of drug-likeness (QED) is 0.451. The van der Waals surface area contributed by atoms with Crippen LogP contribution in [0.4, 0.5) is 0 Å². The van der Waals surface area contributed by atoms with Gasteiger partial charge in [0, 0.05) is 52.6 Å². The maximum Gasteiger partial charge on any atom is 0.325 e. The highest BCUT2D eigenvalue weighted by Crippen LogP contribution is 2.38. The van der Waals surface area contributed by atoms with Gasteiger partial charge in [-0.15, -0.1) is 11.3 Å². The van der Waals surface area contributed by atoms with E-state index in [-0.39, 0.29) is 0 Å². The summed E-state index contributed by atoms with van der Waals surface area (Å²) in [6.07, 6.45) is 2.53. The molecule has 4 aromatic rings. The fraction of sp³-hybridized carbons (Fsp3) is 0.250. The number of methoxy groups -OCH3 is 2. The van der Waals surface area contributed by atoms with Gasteiger partial charge in [-0.2, -0.15) is 0 Å². The van der Waals surface area contributed by atoms with Gasteiger partial charge < -0.3 is 19.6 Å².